The summed E-state index contributed by atoms with van der Waals surface area (Å²) in [5.74, 6) is 2.16. The summed E-state index contributed by atoms with van der Waals surface area (Å²) in [4.78, 5) is 8.97. The molecule has 0 bridgehead atoms. The highest BCUT2D eigenvalue weighted by atomic mass is 16.5. The maximum absolute atomic E-state index is 5.44. The second-order valence-electron chi connectivity index (χ2n) is 6.04. The number of aromatic nitrogens is 3. The van der Waals surface area contributed by atoms with Gasteiger partial charge in [-0.2, -0.15) is 0 Å². The summed E-state index contributed by atoms with van der Waals surface area (Å²) in [6.45, 7) is 0. The minimum Gasteiger partial charge on any atom is -0.493 e. The van der Waals surface area contributed by atoms with Gasteiger partial charge in [0.1, 0.15) is 0 Å². The fourth-order valence-corrected chi connectivity index (χ4v) is 3.09. The zero-order valence-corrected chi connectivity index (χ0v) is 15.8. The van der Waals surface area contributed by atoms with Crippen LogP contribution in [0.5, 0.6) is 17.2 Å². The van der Waals surface area contributed by atoms with E-state index in [1.165, 1.54) is 0 Å². The summed E-state index contributed by atoms with van der Waals surface area (Å²) < 4.78 is 18.2. The molecule has 28 heavy (non-hydrogen) atoms. The highest BCUT2D eigenvalue weighted by Gasteiger charge is 2.15. The van der Waals surface area contributed by atoms with Gasteiger partial charge in [0.15, 0.2) is 11.5 Å². The van der Waals surface area contributed by atoms with Gasteiger partial charge in [0.05, 0.1) is 32.5 Å². The molecule has 0 unspecified atom stereocenters. The van der Waals surface area contributed by atoms with Crippen LogP contribution in [-0.2, 0) is 0 Å². The first-order valence-corrected chi connectivity index (χ1v) is 8.70. The van der Waals surface area contributed by atoms with Crippen LogP contribution in [0.15, 0.2) is 60.9 Å². The zero-order chi connectivity index (χ0) is 19.5. The average molecular weight is 376 g/mol. The molecule has 2 heterocycles. The predicted octanol–water partition coefficient (Wildman–Crippen LogP) is 4.00. The van der Waals surface area contributed by atoms with Crippen LogP contribution in [0.1, 0.15) is 0 Å². The number of ether oxygens (including phenoxy) is 3. The third-order valence-electron chi connectivity index (χ3n) is 4.44. The highest BCUT2D eigenvalue weighted by molar-refractivity contribution is 5.80. The van der Waals surface area contributed by atoms with Gasteiger partial charge in [-0.1, -0.05) is 18.2 Å². The minimum atomic E-state index is 0.479. The van der Waals surface area contributed by atoms with Crippen molar-refractivity contribution in [1.29, 1.82) is 0 Å². The number of fused-ring (bicyclic) bond motifs is 1. The van der Waals surface area contributed by atoms with E-state index < -0.39 is 0 Å². The van der Waals surface area contributed by atoms with Crippen molar-refractivity contribution < 1.29 is 14.2 Å². The Morgan fingerprint density at radius 2 is 1.64 bits per heavy atom. The van der Waals surface area contributed by atoms with E-state index in [0.29, 0.717) is 23.2 Å². The molecule has 4 aromatic rings. The van der Waals surface area contributed by atoms with Gasteiger partial charge < -0.3 is 14.2 Å². The molecule has 0 atom stereocenters. The molecule has 0 saturated carbocycles. The molecule has 0 aliphatic heterocycles. The second kappa shape index (κ2) is 7.48. The number of nitrogens with one attached hydrogen (secondary N) is 1. The Hall–Kier alpha value is -3.74. The van der Waals surface area contributed by atoms with Crippen LogP contribution in [0.3, 0.4) is 0 Å². The van der Waals surface area contributed by atoms with E-state index in [9.17, 15) is 0 Å². The molecule has 2 aromatic heterocycles. The number of nitrogens with zero attached hydrogens (tertiary/aromatic N) is 3. The van der Waals surface area contributed by atoms with Crippen molar-refractivity contribution in [3.8, 4) is 28.5 Å². The lowest BCUT2D eigenvalue weighted by Crippen LogP contribution is -2.10. The van der Waals surface area contributed by atoms with E-state index in [-0.39, 0.29) is 0 Å². The lowest BCUT2D eigenvalue weighted by Gasteiger charge is -2.14. The fourth-order valence-electron chi connectivity index (χ4n) is 3.09. The van der Waals surface area contributed by atoms with E-state index >= 15 is 0 Å². The van der Waals surface area contributed by atoms with Gasteiger partial charge in [0.25, 0.3) is 0 Å². The van der Waals surface area contributed by atoms with Crippen molar-refractivity contribution in [2.45, 2.75) is 0 Å². The van der Waals surface area contributed by atoms with Crippen LogP contribution in [0.25, 0.3) is 22.2 Å². The summed E-state index contributed by atoms with van der Waals surface area (Å²) >= 11 is 0. The van der Waals surface area contributed by atoms with Gasteiger partial charge in [-0.3, -0.25) is 10.1 Å². The van der Waals surface area contributed by atoms with Crippen LogP contribution < -0.4 is 19.6 Å². The molecule has 0 aliphatic carbocycles. The van der Waals surface area contributed by atoms with Crippen molar-refractivity contribution in [3.05, 3.63) is 60.9 Å². The van der Waals surface area contributed by atoms with Gasteiger partial charge in [0, 0.05) is 23.3 Å². The van der Waals surface area contributed by atoms with E-state index in [1.807, 2.05) is 53.3 Å². The highest BCUT2D eigenvalue weighted by Crippen LogP contribution is 2.40. The standard InChI is InChI=1S/C21H20N4O3/c1-26-18-12-15(13-19(27-2)20(18)28-3)16-8-10-22-21(23-16)24-25-11-9-14-6-4-5-7-17(14)25/h4-13H,1-3H3,(H,22,23,24). The molecule has 0 radical (unpaired) electrons. The molecular weight excluding hydrogens is 356 g/mol. The summed E-state index contributed by atoms with van der Waals surface area (Å²) in [5.41, 5.74) is 5.83. The molecule has 7 heteroatoms. The molecular formula is C21H20N4O3. The largest absolute Gasteiger partial charge is 0.493 e. The Bertz CT molecular complexity index is 1100. The quantitative estimate of drug-likeness (QED) is 0.548. The van der Waals surface area contributed by atoms with Gasteiger partial charge in [0.2, 0.25) is 11.7 Å². The molecule has 4 rings (SSSR count). The normalized spacial score (nSPS) is 10.7. The number of para-hydroxylation sites is 1. The van der Waals surface area contributed by atoms with E-state index in [0.717, 1.165) is 22.2 Å². The minimum absolute atomic E-state index is 0.479. The van der Waals surface area contributed by atoms with Crippen molar-refractivity contribution in [3.63, 3.8) is 0 Å². The smallest absolute Gasteiger partial charge is 0.242 e. The Kier molecular flexibility index (Phi) is 4.72. The molecule has 0 aliphatic rings. The Labute approximate surface area is 162 Å². The number of hydrogen-bond acceptors (Lipinski definition) is 6. The lowest BCUT2D eigenvalue weighted by molar-refractivity contribution is 0.324. The maximum Gasteiger partial charge on any atom is 0.242 e. The molecule has 2 aromatic carbocycles. The monoisotopic (exact) mass is 376 g/mol. The number of methoxy groups -OCH3 is 3. The predicted molar refractivity (Wildman–Crippen MR) is 108 cm³/mol. The van der Waals surface area contributed by atoms with E-state index in [2.05, 4.69) is 21.5 Å². The number of anilines is 1. The lowest BCUT2D eigenvalue weighted by atomic mass is 10.1. The maximum atomic E-state index is 5.44. The van der Waals surface area contributed by atoms with Crippen LogP contribution >= 0.6 is 0 Å². The van der Waals surface area contributed by atoms with Crippen molar-refractivity contribution >= 4 is 16.9 Å². The van der Waals surface area contributed by atoms with Crippen LogP contribution in [0, 0.1) is 0 Å². The third-order valence-corrected chi connectivity index (χ3v) is 4.44. The van der Waals surface area contributed by atoms with Gasteiger partial charge in [-0.25, -0.2) is 9.97 Å². The molecule has 7 nitrogen and oxygen atoms in total. The third kappa shape index (κ3) is 3.18. The molecule has 0 fully saturated rings. The fraction of sp³-hybridized carbons (Fsp3) is 0.143. The van der Waals surface area contributed by atoms with Gasteiger partial charge in [-0.15, -0.1) is 0 Å². The SMILES string of the molecule is COc1cc(-c2ccnc(Nn3ccc4ccccc43)n2)cc(OC)c1OC. The Morgan fingerprint density at radius 1 is 0.893 bits per heavy atom. The van der Waals surface area contributed by atoms with Crippen molar-refractivity contribution in [2.75, 3.05) is 26.8 Å². The Morgan fingerprint density at radius 3 is 2.36 bits per heavy atom. The summed E-state index contributed by atoms with van der Waals surface area (Å²) in [6.07, 6.45) is 3.65. The Balaban J connectivity index is 1.71. The first kappa shape index (κ1) is 17.7. The van der Waals surface area contributed by atoms with Crippen molar-refractivity contribution in [1.82, 2.24) is 14.6 Å². The molecule has 0 saturated heterocycles. The van der Waals surface area contributed by atoms with Crippen LogP contribution in [0.2, 0.25) is 0 Å². The first-order chi connectivity index (χ1) is 13.7. The summed E-state index contributed by atoms with van der Waals surface area (Å²) in [6, 6.07) is 15.7. The van der Waals surface area contributed by atoms with E-state index in [1.54, 1.807) is 27.5 Å². The summed E-state index contributed by atoms with van der Waals surface area (Å²) in [5, 5.41) is 1.13. The van der Waals surface area contributed by atoms with Gasteiger partial charge >= 0.3 is 0 Å². The van der Waals surface area contributed by atoms with E-state index in [4.69, 9.17) is 14.2 Å². The molecule has 0 spiro atoms. The molecule has 1 N–H and O–H groups in total. The zero-order valence-electron chi connectivity index (χ0n) is 15.8. The first-order valence-electron chi connectivity index (χ1n) is 8.70. The average Bonchev–Trinajstić information content (AvgIpc) is 3.15. The molecule has 142 valence electrons. The topological polar surface area (TPSA) is 70.4 Å². The number of benzene rings is 2. The number of rotatable bonds is 6. The number of hydrogen-bond donors (Lipinski definition) is 1. The molecule has 0 amide bonds. The second-order valence-corrected chi connectivity index (χ2v) is 6.04. The van der Waals surface area contributed by atoms with Crippen LogP contribution in [0.4, 0.5) is 5.95 Å². The summed E-state index contributed by atoms with van der Waals surface area (Å²) in [7, 11) is 4.75. The van der Waals surface area contributed by atoms with Crippen LogP contribution in [-0.4, -0.2) is 36.0 Å². The van der Waals surface area contributed by atoms with Crippen molar-refractivity contribution in [2.24, 2.45) is 0 Å². The van der Waals surface area contributed by atoms with Gasteiger partial charge in [-0.05, 0) is 30.3 Å².